The SMILES string of the molecule is Cc1c(C(N)=O)cccc1-c1c[nH]c(=O)c(Nc2ccc(N3CCN(C)CC3)nn2)c1. The first-order valence-corrected chi connectivity index (χ1v) is 10.1. The van der Waals surface area contributed by atoms with E-state index in [4.69, 9.17) is 5.73 Å². The Kier molecular flexibility index (Phi) is 5.68. The maximum atomic E-state index is 12.4. The van der Waals surface area contributed by atoms with Crippen molar-refractivity contribution >= 4 is 23.2 Å². The number of H-pyrrole nitrogens is 1. The van der Waals surface area contributed by atoms with Crippen LogP contribution in [0.3, 0.4) is 0 Å². The molecule has 0 saturated carbocycles. The highest BCUT2D eigenvalue weighted by molar-refractivity contribution is 5.96. The summed E-state index contributed by atoms with van der Waals surface area (Å²) in [5, 5.41) is 11.6. The Morgan fingerprint density at radius 1 is 1.13 bits per heavy atom. The first-order chi connectivity index (χ1) is 14.9. The van der Waals surface area contributed by atoms with Gasteiger partial charge in [-0.05, 0) is 49.4 Å². The molecule has 9 heteroatoms. The third-order valence-corrected chi connectivity index (χ3v) is 5.55. The minimum absolute atomic E-state index is 0.280. The Bertz CT molecular complexity index is 1150. The summed E-state index contributed by atoms with van der Waals surface area (Å²) in [4.78, 5) is 31.2. The Balaban J connectivity index is 1.57. The predicted octanol–water partition coefficient (Wildman–Crippen LogP) is 1.73. The van der Waals surface area contributed by atoms with E-state index in [1.807, 2.05) is 25.1 Å². The van der Waals surface area contributed by atoms with E-state index in [9.17, 15) is 9.59 Å². The summed E-state index contributed by atoms with van der Waals surface area (Å²) >= 11 is 0. The first-order valence-electron chi connectivity index (χ1n) is 10.1. The number of amides is 1. The van der Waals surface area contributed by atoms with Crippen molar-refractivity contribution in [1.82, 2.24) is 20.1 Å². The van der Waals surface area contributed by atoms with Gasteiger partial charge in [0.05, 0.1) is 0 Å². The van der Waals surface area contributed by atoms with E-state index < -0.39 is 5.91 Å². The molecule has 0 atom stereocenters. The van der Waals surface area contributed by atoms with Gasteiger partial charge in [-0.15, -0.1) is 10.2 Å². The molecule has 31 heavy (non-hydrogen) atoms. The second-order valence-electron chi connectivity index (χ2n) is 7.67. The lowest BCUT2D eigenvalue weighted by molar-refractivity contribution is 0.0999. The van der Waals surface area contributed by atoms with Crippen LogP contribution in [-0.2, 0) is 0 Å². The van der Waals surface area contributed by atoms with Crippen LogP contribution in [0, 0.1) is 6.92 Å². The number of hydrogen-bond donors (Lipinski definition) is 3. The summed E-state index contributed by atoms with van der Waals surface area (Å²) < 4.78 is 0. The zero-order valence-corrected chi connectivity index (χ0v) is 17.6. The number of anilines is 3. The number of hydrogen-bond acceptors (Lipinski definition) is 7. The van der Waals surface area contributed by atoms with Crippen LogP contribution >= 0.6 is 0 Å². The quantitative estimate of drug-likeness (QED) is 0.576. The average molecular weight is 419 g/mol. The molecule has 0 aliphatic carbocycles. The maximum Gasteiger partial charge on any atom is 0.271 e. The van der Waals surface area contributed by atoms with Gasteiger partial charge < -0.3 is 25.8 Å². The molecule has 9 nitrogen and oxygen atoms in total. The Hall–Kier alpha value is -3.72. The smallest absolute Gasteiger partial charge is 0.271 e. The fourth-order valence-electron chi connectivity index (χ4n) is 3.68. The monoisotopic (exact) mass is 419 g/mol. The molecule has 1 fully saturated rings. The number of aromatic nitrogens is 3. The molecule has 2 aromatic heterocycles. The van der Waals surface area contributed by atoms with Gasteiger partial charge in [0, 0.05) is 43.5 Å². The van der Waals surface area contributed by atoms with Gasteiger partial charge in [0.1, 0.15) is 5.69 Å². The molecule has 1 aliphatic rings. The molecule has 3 aromatic rings. The molecule has 4 N–H and O–H groups in total. The van der Waals surface area contributed by atoms with Crippen LogP contribution in [0.4, 0.5) is 17.3 Å². The lowest BCUT2D eigenvalue weighted by Gasteiger charge is -2.32. The summed E-state index contributed by atoms with van der Waals surface area (Å²) in [5.74, 6) is 0.807. The molecule has 0 spiro atoms. The lowest BCUT2D eigenvalue weighted by atomic mass is 9.97. The van der Waals surface area contributed by atoms with Crippen LogP contribution in [0.1, 0.15) is 15.9 Å². The molecule has 160 valence electrons. The topological polar surface area (TPSA) is 120 Å². The van der Waals surface area contributed by atoms with Crippen molar-refractivity contribution in [1.29, 1.82) is 0 Å². The number of likely N-dealkylation sites (N-methyl/N-ethyl adjacent to an activating group) is 1. The highest BCUT2D eigenvalue weighted by Gasteiger charge is 2.16. The molecule has 1 amide bonds. The van der Waals surface area contributed by atoms with Gasteiger partial charge in [0.2, 0.25) is 5.91 Å². The summed E-state index contributed by atoms with van der Waals surface area (Å²) in [6.07, 6.45) is 1.61. The second-order valence-corrected chi connectivity index (χ2v) is 7.67. The van der Waals surface area contributed by atoms with Gasteiger partial charge >= 0.3 is 0 Å². The van der Waals surface area contributed by atoms with Crippen molar-refractivity contribution < 1.29 is 4.79 Å². The number of piperazine rings is 1. The van der Waals surface area contributed by atoms with Crippen molar-refractivity contribution in [3.05, 3.63) is 64.1 Å². The Labute approximate surface area is 179 Å². The second kappa shape index (κ2) is 8.57. The van der Waals surface area contributed by atoms with Crippen molar-refractivity contribution in [3.63, 3.8) is 0 Å². The third kappa shape index (κ3) is 4.41. The largest absolute Gasteiger partial charge is 0.366 e. The highest BCUT2D eigenvalue weighted by atomic mass is 16.1. The maximum absolute atomic E-state index is 12.4. The van der Waals surface area contributed by atoms with Gasteiger partial charge in [0.15, 0.2) is 11.6 Å². The number of pyridine rings is 1. The van der Waals surface area contributed by atoms with E-state index >= 15 is 0 Å². The Morgan fingerprint density at radius 2 is 1.90 bits per heavy atom. The molecule has 1 aromatic carbocycles. The van der Waals surface area contributed by atoms with Gasteiger partial charge in [-0.25, -0.2) is 0 Å². The first kappa shape index (κ1) is 20.5. The van der Waals surface area contributed by atoms with Gasteiger partial charge in [-0.2, -0.15) is 0 Å². The van der Waals surface area contributed by atoms with Crippen molar-refractivity contribution in [2.75, 3.05) is 43.4 Å². The molecular formula is C22H25N7O2. The van der Waals surface area contributed by atoms with Crippen LogP contribution < -0.4 is 21.5 Å². The zero-order chi connectivity index (χ0) is 22.0. The molecule has 3 heterocycles. The normalized spacial score (nSPS) is 14.5. The number of aromatic amines is 1. The number of benzene rings is 1. The van der Waals surface area contributed by atoms with Crippen LogP contribution in [0.5, 0.6) is 0 Å². The van der Waals surface area contributed by atoms with E-state index in [-0.39, 0.29) is 5.56 Å². The fourth-order valence-corrected chi connectivity index (χ4v) is 3.68. The molecule has 0 unspecified atom stereocenters. The Morgan fingerprint density at radius 3 is 2.58 bits per heavy atom. The van der Waals surface area contributed by atoms with Gasteiger partial charge in [-0.3, -0.25) is 9.59 Å². The molecule has 0 radical (unpaired) electrons. The van der Waals surface area contributed by atoms with Crippen molar-refractivity contribution in [2.24, 2.45) is 5.73 Å². The minimum Gasteiger partial charge on any atom is -0.366 e. The number of primary amides is 1. The molecule has 1 aliphatic heterocycles. The average Bonchev–Trinajstić information content (AvgIpc) is 2.76. The highest BCUT2D eigenvalue weighted by Crippen LogP contribution is 2.26. The van der Waals surface area contributed by atoms with E-state index in [0.717, 1.165) is 48.7 Å². The molecular weight excluding hydrogens is 394 g/mol. The number of nitrogens with two attached hydrogens (primary N) is 1. The number of nitrogens with zero attached hydrogens (tertiary/aromatic N) is 4. The standard InChI is InChI=1S/C22H25N7O2/c1-14-16(4-3-5-17(14)21(23)30)15-12-18(22(31)24-13-15)25-19-6-7-20(27-26-19)29-10-8-28(2)9-11-29/h3-7,12-13H,8-11H2,1-2H3,(H2,23,30)(H,24,31)(H,25,26). The number of nitrogens with one attached hydrogen (secondary N) is 2. The van der Waals surface area contributed by atoms with E-state index in [0.29, 0.717) is 17.1 Å². The van der Waals surface area contributed by atoms with Crippen LogP contribution in [-0.4, -0.2) is 59.2 Å². The summed E-state index contributed by atoms with van der Waals surface area (Å²) in [6.45, 7) is 5.61. The third-order valence-electron chi connectivity index (χ3n) is 5.55. The zero-order valence-electron chi connectivity index (χ0n) is 17.6. The molecule has 4 rings (SSSR count). The van der Waals surface area contributed by atoms with Gasteiger partial charge in [0.25, 0.3) is 5.56 Å². The van der Waals surface area contributed by atoms with E-state index in [2.05, 4.69) is 37.3 Å². The summed E-state index contributed by atoms with van der Waals surface area (Å²) in [5.41, 5.74) is 8.28. The van der Waals surface area contributed by atoms with Crippen LogP contribution in [0.15, 0.2) is 47.4 Å². The molecule has 0 bridgehead atoms. The summed E-state index contributed by atoms with van der Waals surface area (Å²) in [7, 11) is 2.10. The number of carbonyl (C=O) groups is 1. The molecule has 1 saturated heterocycles. The van der Waals surface area contributed by atoms with Gasteiger partial charge in [-0.1, -0.05) is 12.1 Å². The fraction of sp³-hybridized carbons (Fsp3) is 0.273. The van der Waals surface area contributed by atoms with Crippen molar-refractivity contribution in [3.8, 4) is 11.1 Å². The van der Waals surface area contributed by atoms with E-state index in [1.165, 1.54) is 0 Å². The number of rotatable bonds is 5. The van der Waals surface area contributed by atoms with Crippen LogP contribution in [0.2, 0.25) is 0 Å². The minimum atomic E-state index is -0.488. The lowest BCUT2D eigenvalue weighted by Crippen LogP contribution is -2.44. The predicted molar refractivity (Wildman–Crippen MR) is 121 cm³/mol. The van der Waals surface area contributed by atoms with Crippen LogP contribution in [0.25, 0.3) is 11.1 Å². The summed E-state index contributed by atoms with van der Waals surface area (Å²) in [6, 6.07) is 10.8. The number of carbonyl (C=O) groups excluding carboxylic acids is 1. The van der Waals surface area contributed by atoms with Crippen molar-refractivity contribution in [2.45, 2.75) is 6.92 Å². The van der Waals surface area contributed by atoms with E-state index in [1.54, 1.807) is 24.4 Å².